The van der Waals surface area contributed by atoms with Crippen LogP contribution in [0.5, 0.6) is 0 Å². The Morgan fingerprint density at radius 3 is 2.84 bits per heavy atom. The zero-order valence-corrected chi connectivity index (χ0v) is 14.8. The first-order valence-electron chi connectivity index (χ1n) is 9.07. The molecule has 1 aromatic carbocycles. The highest BCUT2D eigenvalue weighted by Crippen LogP contribution is 2.15. The average Bonchev–Trinajstić information content (AvgIpc) is 2.63. The molecule has 1 fully saturated rings. The first kappa shape index (κ1) is 17.6. The van der Waals surface area contributed by atoms with E-state index in [-0.39, 0.29) is 17.9 Å². The third kappa shape index (κ3) is 4.66. The number of rotatable bonds is 6. The average molecular weight is 342 g/mol. The molecular formula is C19H26N4O2. The van der Waals surface area contributed by atoms with Gasteiger partial charge in [-0.05, 0) is 56.9 Å². The third-order valence-corrected chi connectivity index (χ3v) is 4.90. The van der Waals surface area contributed by atoms with Crippen LogP contribution in [0.3, 0.4) is 0 Å². The van der Waals surface area contributed by atoms with Crippen LogP contribution in [0.1, 0.15) is 26.2 Å². The Labute approximate surface area is 147 Å². The van der Waals surface area contributed by atoms with Crippen molar-refractivity contribution in [1.82, 2.24) is 20.0 Å². The summed E-state index contributed by atoms with van der Waals surface area (Å²) in [5.74, 6) is 0.768. The van der Waals surface area contributed by atoms with Gasteiger partial charge in [0.25, 0.3) is 0 Å². The number of hydrogen-bond acceptors (Lipinski definition) is 4. The molecule has 1 aliphatic rings. The molecule has 0 spiro atoms. The topological polar surface area (TPSA) is 67.2 Å². The predicted octanol–water partition coefficient (Wildman–Crippen LogP) is 1.63. The number of amides is 1. The van der Waals surface area contributed by atoms with Gasteiger partial charge in [0.1, 0.15) is 6.54 Å². The third-order valence-electron chi connectivity index (χ3n) is 4.90. The number of benzene rings is 1. The maximum absolute atomic E-state index is 12.2. The Morgan fingerprint density at radius 1 is 1.28 bits per heavy atom. The maximum atomic E-state index is 12.2. The summed E-state index contributed by atoms with van der Waals surface area (Å²) < 4.78 is 1.58. The lowest BCUT2D eigenvalue weighted by molar-refractivity contribution is -0.121. The van der Waals surface area contributed by atoms with E-state index >= 15 is 0 Å². The first-order chi connectivity index (χ1) is 12.1. The van der Waals surface area contributed by atoms with E-state index in [1.807, 2.05) is 18.2 Å². The molecule has 3 rings (SSSR count). The molecule has 0 aliphatic carbocycles. The number of likely N-dealkylation sites (tertiary alicyclic amines) is 1. The van der Waals surface area contributed by atoms with Crippen molar-refractivity contribution in [2.75, 3.05) is 26.2 Å². The van der Waals surface area contributed by atoms with Gasteiger partial charge in [0.2, 0.25) is 11.3 Å². The van der Waals surface area contributed by atoms with Crippen molar-refractivity contribution in [3.8, 4) is 0 Å². The second-order valence-corrected chi connectivity index (χ2v) is 6.91. The normalized spacial score (nSPS) is 16.2. The zero-order chi connectivity index (χ0) is 17.6. The summed E-state index contributed by atoms with van der Waals surface area (Å²) in [6, 6.07) is 7.23. The van der Waals surface area contributed by atoms with Gasteiger partial charge in [-0.1, -0.05) is 19.1 Å². The molecule has 0 radical (unpaired) electrons. The molecule has 0 atom stereocenters. The molecule has 1 N–H and O–H groups in total. The van der Waals surface area contributed by atoms with Gasteiger partial charge in [0.15, 0.2) is 0 Å². The van der Waals surface area contributed by atoms with Gasteiger partial charge in [0.05, 0.1) is 11.7 Å². The number of piperidine rings is 1. The number of nitrogens with one attached hydrogen (secondary N) is 1. The predicted molar refractivity (Wildman–Crippen MR) is 98.5 cm³/mol. The quantitative estimate of drug-likeness (QED) is 0.811. The SMILES string of the molecule is CC1CCN(CCCNC(=O)Cn2ncc(=O)c3ccccc32)CC1. The van der Waals surface area contributed by atoms with E-state index in [0.717, 1.165) is 18.9 Å². The molecule has 6 heteroatoms. The molecular weight excluding hydrogens is 316 g/mol. The second kappa shape index (κ2) is 8.25. The van der Waals surface area contributed by atoms with Crippen molar-refractivity contribution in [3.05, 3.63) is 40.7 Å². The monoisotopic (exact) mass is 342 g/mol. The van der Waals surface area contributed by atoms with Gasteiger partial charge < -0.3 is 10.2 Å². The number of carbonyl (C=O) groups excluding carboxylic acids is 1. The Kier molecular flexibility index (Phi) is 5.81. The van der Waals surface area contributed by atoms with Gasteiger partial charge in [-0.25, -0.2) is 0 Å². The number of aromatic nitrogens is 2. The Balaban J connectivity index is 1.47. The molecule has 134 valence electrons. The summed E-state index contributed by atoms with van der Waals surface area (Å²) >= 11 is 0. The summed E-state index contributed by atoms with van der Waals surface area (Å²) in [6.07, 6.45) is 4.78. The minimum Gasteiger partial charge on any atom is -0.354 e. The first-order valence-corrected chi connectivity index (χ1v) is 9.07. The van der Waals surface area contributed by atoms with E-state index in [9.17, 15) is 9.59 Å². The highest BCUT2D eigenvalue weighted by Gasteiger charge is 2.15. The lowest BCUT2D eigenvalue weighted by atomic mass is 9.99. The van der Waals surface area contributed by atoms with Crippen LogP contribution in [0.4, 0.5) is 0 Å². The van der Waals surface area contributed by atoms with E-state index in [1.54, 1.807) is 10.7 Å². The van der Waals surface area contributed by atoms with E-state index in [4.69, 9.17) is 0 Å². The standard InChI is InChI=1S/C19H26N4O2/c1-15-7-11-22(12-8-15)10-4-9-20-19(25)14-23-17-6-3-2-5-16(17)18(24)13-21-23/h2-3,5-6,13,15H,4,7-12,14H2,1H3,(H,20,25). The second-order valence-electron chi connectivity index (χ2n) is 6.91. The molecule has 1 aromatic heterocycles. The minimum atomic E-state index is -0.122. The van der Waals surface area contributed by atoms with Crippen LogP contribution in [-0.2, 0) is 11.3 Å². The van der Waals surface area contributed by atoms with Crippen molar-refractivity contribution >= 4 is 16.8 Å². The van der Waals surface area contributed by atoms with Crippen molar-refractivity contribution < 1.29 is 4.79 Å². The molecule has 0 bridgehead atoms. The van der Waals surface area contributed by atoms with E-state index in [2.05, 4.69) is 22.2 Å². The van der Waals surface area contributed by atoms with Crippen LogP contribution in [-0.4, -0.2) is 46.8 Å². The molecule has 1 saturated heterocycles. The Morgan fingerprint density at radius 2 is 2.04 bits per heavy atom. The minimum absolute atomic E-state index is 0.0754. The van der Waals surface area contributed by atoms with E-state index in [1.165, 1.54) is 32.1 Å². The Bertz CT molecular complexity index is 778. The van der Waals surface area contributed by atoms with Gasteiger partial charge in [-0.3, -0.25) is 14.3 Å². The largest absolute Gasteiger partial charge is 0.354 e. The van der Waals surface area contributed by atoms with Gasteiger partial charge >= 0.3 is 0 Å². The smallest absolute Gasteiger partial charge is 0.241 e. The van der Waals surface area contributed by atoms with Gasteiger partial charge in [-0.15, -0.1) is 0 Å². The molecule has 0 saturated carbocycles. The fourth-order valence-corrected chi connectivity index (χ4v) is 3.30. The lowest BCUT2D eigenvalue weighted by Crippen LogP contribution is -2.36. The highest BCUT2D eigenvalue weighted by atomic mass is 16.2. The lowest BCUT2D eigenvalue weighted by Gasteiger charge is -2.30. The van der Waals surface area contributed by atoms with Crippen LogP contribution in [0.15, 0.2) is 35.3 Å². The van der Waals surface area contributed by atoms with Crippen LogP contribution in [0, 0.1) is 5.92 Å². The van der Waals surface area contributed by atoms with Crippen LogP contribution in [0.25, 0.3) is 10.9 Å². The summed E-state index contributed by atoms with van der Waals surface area (Å²) in [5.41, 5.74) is 0.565. The number of para-hydroxylation sites is 1. The van der Waals surface area contributed by atoms with Crippen molar-refractivity contribution in [2.24, 2.45) is 5.92 Å². The molecule has 1 aliphatic heterocycles. The molecule has 6 nitrogen and oxygen atoms in total. The summed E-state index contributed by atoms with van der Waals surface area (Å²) in [5, 5.41) is 7.63. The van der Waals surface area contributed by atoms with Crippen molar-refractivity contribution in [3.63, 3.8) is 0 Å². The Hall–Kier alpha value is -2.21. The zero-order valence-electron chi connectivity index (χ0n) is 14.8. The fraction of sp³-hybridized carbons (Fsp3) is 0.526. The number of hydrogen-bond donors (Lipinski definition) is 1. The summed E-state index contributed by atoms with van der Waals surface area (Å²) in [4.78, 5) is 26.5. The van der Waals surface area contributed by atoms with Crippen LogP contribution < -0.4 is 10.7 Å². The number of carbonyl (C=O) groups is 1. The number of fused-ring (bicyclic) bond motifs is 1. The van der Waals surface area contributed by atoms with E-state index in [0.29, 0.717) is 17.4 Å². The van der Waals surface area contributed by atoms with Crippen LogP contribution in [0.2, 0.25) is 0 Å². The molecule has 2 heterocycles. The van der Waals surface area contributed by atoms with Gasteiger partial charge in [-0.2, -0.15) is 5.10 Å². The summed E-state index contributed by atoms with van der Waals surface area (Å²) in [7, 11) is 0. The fourth-order valence-electron chi connectivity index (χ4n) is 3.30. The maximum Gasteiger partial charge on any atom is 0.241 e. The molecule has 2 aromatic rings. The van der Waals surface area contributed by atoms with Crippen molar-refractivity contribution in [2.45, 2.75) is 32.7 Å². The van der Waals surface area contributed by atoms with Crippen molar-refractivity contribution in [1.29, 1.82) is 0 Å². The van der Waals surface area contributed by atoms with Crippen LogP contribution >= 0.6 is 0 Å². The summed E-state index contributed by atoms with van der Waals surface area (Å²) in [6.45, 7) is 6.48. The molecule has 1 amide bonds. The van der Waals surface area contributed by atoms with E-state index < -0.39 is 0 Å². The number of nitrogens with zero attached hydrogens (tertiary/aromatic N) is 3. The highest BCUT2D eigenvalue weighted by molar-refractivity contribution is 5.81. The molecule has 25 heavy (non-hydrogen) atoms. The van der Waals surface area contributed by atoms with Gasteiger partial charge in [0, 0.05) is 11.9 Å². The molecule has 0 unspecified atom stereocenters.